The van der Waals surface area contributed by atoms with Crippen LogP contribution in [0.25, 0.3) is 17.4 Å². The summed E-state index contributed by atoms with van der Waals surface area (Å²) in [6.45, 7) is 0. The number of rotatable bonds is 4. The molecule has 1 saturated heterocycles. The van der Waals surface area contributed by atoms with E-state index >= 15 is 0 Å². The Morgan fingerprint density at radius 3 is 2.27 bits per heavy atom. The van der Waals surface area contributed by atoms with Crippen molar-refractivity contribution in [2.75, 3.05) is 11.3 Å². The zero-order valence-corrected chi connectivity index (χ0v) is 18.0. The summed E-state index contributed by atoms with van der Waals surface area (Å²) in [6.07, 6.45) is 2.52. The van der Waals surface area contributed by atoms with Crippen LogP contribution in [-0.4, -0.2) is 26.5 Å². The van der Waals surface area contributed by atoms with Crippen LogP contribution in [0.3, 0.4) is 0 Å². The number of amides is 2. The number of carbonyl (C=O) groups excluding carboxylic acids is 2. The fourth-order valence-electron chi connectivity index (χ4n) is 2.92. The number of sulfone groups is 1. The Bertz CT molecular complexity index is 1280. The molecule has 3 aromatic rings. The second-order valence-corrected chi connectivity index (χ2v) is 9.55. The Hall–Kier alpha value is -3.17. The standard InChI is InChI=1S/C21H15BrN2O5S/c1-30(27,28)17-9-2-13(3-10-17)19-11-8-16(29-19)12-18-20(25)23-24(21(18)26)15-6-4-14(22)5-7-15/h2-12H,1H3,(H,23,25). The Morgan fingerprint density at radius 2 is 1.63 bits per heavy atom. The quantitative estimate of drug-likeness (QED) is 0.449. The van der Waals surface area contributed by atoms with Crippen molar-refractivity contribution in [1.82, 2.24) is 5.43 Å². The van der Waals surface area contributed by atoms with Gasteiger partial charge in [0.05, 0.1) is 10.6 Å². The average molecular weight is 487 g/mol. The van der Waals surface area contributed by atoms with Crippen LogP contribution in [-0.2, 0) is 19.4 Å². The van der Waals surface area contributed by atoms with Gasteiger partial charge in [-0.05, 0) is 66.7 Å². The van der Waals surface area contributed by atoms with Crippen molar-refractivity contribution in [2.24, 2.45) is 0 Å². The summed E-state index contributed by atoms with van der Waals surface area (Å²) >= 11 is 3.33. The van der Waals surface area contributed by atoms with Crippen molar-refractivity contribution in [3.63, 3.8) is 0 Å². The van der Waals surface area contributed by atoms with Gasteiger partial charge in [0.15, 0.2) is 9.84 Å². The maximum Gasteiger partial charge on any atom is 0.282 e. The van der Waals surface area contributed by atoms with E-state index in [1.54, 1.807) is 48.5 Å². The van der Waals surface area contributed by atoms with Crippen LogP contribution >= 0.6 is 15.9 Å². The van der Waals surface area contributed by atoms with Crippen LogP contribution in [0.4, 0.5) is 5.69 Å². The van der Waals surface area contributed by atoms with Crippen LogP contribution in [0.2, 0.25) is 0 Å². The number of hydrazine groups is 1. The van der Waals surface area contributed by atoms with Crippen molar-refractivity contribution >= 4 is 49.3 Å². The van der Waals surface area contributed by atoms with Crippen LogP contribution in [0.5, 0.6) is 0 Å². The smallest absolute Gasteiger partial charge is 0.282 e. The van der Waals surface area contributed by atoms with Crippen LogP contribution in [0.1, 0.15) is 5.76 Å². The summed E-state index contributed by atoms with van der Waals surface area (Å²) in [5, 5.41) is 1.17. The van der Waals surface area contributed by atoms with Gasteiger partial charge < -0.3 is 4.42 Å². The number of benzene rings is 2. The Morgan fingerprint density at radius 1 is 0.967 bits per heavy atom. The third-order valence-corrected chi connectivity index (χ3v) is 6.11. The van der Waals surface area contributed by atoms with Crippen molar-refractivity contribution < 1.29 is 22.4 Å². The summed E-state index contributed by atoms with van der Waals surface area (Å²) in [5.41, 5.74) is 3.69. The minimum absolute atomic E-state index is 0.0498. The Balaban J connectivity index is 1.58. The van der Waals surface area contributed by atoms with Gasteiger partial charge in [-0.1, -0.05) is 15.9 Å². The molecule has 1 aliphatic rings. The molecule has 1 aromatic heterocycles. The van der Waals surface area contributed by atoms with E-state index in [-0.39, 0.29) is 10.5 Å². The molecule has 0 unspecified atom stereocenters. The predicted octanol–water partition coefficient (Wildman–Crippen LogP) is 3.57. The highest BCUT2D eigenvalue weighted by Crippen LogP contribution is 2.27. The first kappa shape index (κ1) is 20.1. The highest BCUT2D eigenvalue weighted by Gasteiger charge is 2.34. The molecule has 0 atom stereocenters. The number of hydrogen-bond acceptors (Lipinski definition) is 5. The minimum Gasteiger partial charge on any atom is -0.457 e. The third-order valence-electron chi connectivity index (χ3n) is 4.46. The molecule has 1 N–H and O–H groups in total. The molecule has 2 heterocycles. The lowest BCUT2D eigenvalue weighted by atomic mass is 10.2. The lowest BCUT2D eigenvalue weighted by Crippen LogP contribution is -2.35. The topological polar surface area (TPSA) is 96.7 Å². The zero-order valence-electron chi connectivity index (χ0n) is 15.6. The molecule has 0 bridgehead atoms. The molecule has 30 heavy (non-hydrogen) atoms. The molecular formula is C21H15BrN2O5S. The summed E-state index contributed by atoms with van der Waals surface area (Å²) < 4.78 is 29.7. The molecule has 7 nitrogen and oxygen atoms in total. The maximum absolute atomic E-state index is 12.7. The van der Waals surface area contributed by atoms with Gasteiger partial charge in [0.1, 0.15) is 17.1 Å². The van der Waals surface area contributed by atoms with E-state index in [0.29, 0.717) is 22.8 Å². The first-order valence-electron chi connectivity index (χ1n) is 8.75. The van der Waals surface area contributed by atoms with Gasteiger partial charge >= 0.3 is 0 Å². The molecule has 0 aliphatic carbocycles. The van der Waals surface area contributed by atoms with Gasteiger partial charge in [0.25, 0.3) is 11.8 Å². The van der Waals surface area contributed by atoms with Gasteiger partial charge in [-0.15, -0.1) is 0 Å². The second-order valence-electron chi connectivity index (χ2n) is 6.61. The Labute approximate surface area is 181 Å². The van der Waals surface area contributed by atoms with Gasteiger partial charge in [-0.25, -0.2) is 13.4 Å². The molecule has 0 saturated carbocycles. The number of nitrogens with one attached hydrogen (secondary N) is 1. The summed E-state index contributed by atoms with van der Waals surface area (Å²) in [7, 11) is -3.28. The highest BCUT2D eigenvalue weighted by atomic mass is 79.9. The molecule has 4 rings (SSSR count). The van der Waals surface area contributed by atoms with Crippen molar-refractivity contribution in [1.29, 1.82) is 0 Å². The van der Waals surface area contributed by atoms with Gasteiger partial charge in [0, 0.05) is 16.3 Å². The van der Waals surface area contributed by atoms with E-state index in [4.69, 9.17) is 4.42 Å². The number of nitrogens with zero attached hydrogens (tertiary/aromatic N) is 1. The van der Waals surface area contributed by atoms with E-state index in [1.807, 2.05) is 0 Å². The van der Waals surface area contributed by atoms with Gasteiger partial charge in [0.2, 0.25) is 0 Å². The SMILES string of the molecule is CS(=O)(=O)c1ccc(-c2ccc(C=C3C(=O)NN(c4ccc(Br)cc4)C3=O)o2)cc1. The second kappa shape index (κ2) is 7.58. The molecular weight excluding hydrogens is 472 g/mol. The first-order chi connectivity index (χ1) is 14.2. The van der Waals surface area contributed by atoms with E-state index in [9.17, 15) is 18.0 Å². The van der Waals surface area contributed by atoms with Crippen molar-refractivity contribution in [3.05, 3.63) is 76.5 Å². The lowest BCUT2D eigenvalue weighted by Gasteiger charge is -2.14. The van der Waals surface area contributed by atoms with Crippen LogP contribution in [0, 0.1) is 0 Å². The van der Waals surface area contributed by atoms with E-state index in [0.717, 1.165) is 10.7 Å². The number of carbonyl (C=O) groups is 2. The zero-order chi connectivity index (χ0) is 21.5. The van der Waals surface area contributed by atoms with Gasteiger partial charge in [-0.3, -0.25) is 15.0 Å². The number of hydrogen-bond donors (Lipinski definition) is 1. The Kier molecular flexibility index (Phi) is 5.08. The molecule has 1 fully saturated rings. The predicted molar refractivity (Wildman–Crippen MR) is 115 cm³/mol. The number of furan rings is 1. The lowest BCUT2D eigenvalue weighted by molar-refractivity contribution is -0.117. The summed E-state index contributed by atoms with van der Waals surface area (Å²) in [4.78, 5) is 25.2. The third kappa shape index (κ3) is 3.94. The van der Waals surface area contributed by atoms with Crippen molar-refractivity contribution in [2.45, 2.75) is 4.90 Å². The van der Waals surface area contributed by atoms with Crippen LogP contribution < -0.4 is 10.4 Å². The number of halogens is 1. The molecule has 9 heteroatoms. The largest absolute Gasteiger partial charge is 0.457 e. The van der Waals surface area contributed by atoms with Crippen molar-refractivity contribution in [3.8, 4) is 11.3 Å². The number of anilines is 1. The van der Waals surface area contributed by atoms with Gasteiger partial charge in [-0.2, -0.15) is 0 Å². The van der Waals surface area contributed by atoms with E-state index in [1.165, 1.54) is 23.2 Å². The average Bonchev–Trinajstić information content (AvgIpc) is 3.28. The van der Waals surface area contributed by atoms with Crippen LogP contribution in [0.15, 0.2) is 80.0 Å². The molecule has 0 radical (unpaired) electrons. The van der Waals surface area contributed by atoms with E-state index < -0.39 is 21.7 Å². The summed E-state index contributed by atoms with van der Waals surface area (Å²) in [5.74, 6) is -0.206. The molecule has 1 aliphatic heterocycles. The summed E-state index contributed by atoms with van der Waals surface area (Å²) in [6, 6.07) is 16.5. The molecule has 2 amide bonds. The first-order valence-corrected chi connectivity index (χ1v) is 11.4. The fraction of sp³-hybridized carbons (Fsp3) is 0.0476. The minimum atomic E-state index is -3.28. The molecule has 0 spiro atoms. The van der Waals surface area contributed by atoms with E-state index in [2.05, 4.69) is 21.4 Å². The highest BCUT2D eigenvalue weighted by molar-refractivity contribution is 9.10. The normalized spacial score (nSPS) is 15.7. The monoisotopic (exact) mass is 486 g/mol. The fourth-order valence-corrected chi connectivity index (χ4v) is 3.82. The molecule has 2 aromatic carbocycles. The molecule has 152 valence electrons. The maximum atomic E-state index is 12.7.